The van der Waals surface area contributed by atoms with Crippen molar-refractivity contribution in [3.63, 3.8) is 0 Å². The molecular formula is C18H29NO. The topological polar surface area (TPSA) is 21.3 Å². The van der Waals surface area contributed by atoms with Gasteiger partial charge < -0.3 is 10.1 Å². The van der Waals surface area contributed by atoms with E-state index >= 15 is 0 Å². The first-order valence-electron chi connectivity index (χ1n) is 8.21. The minimum Gasteiger partial charge on any atom is -0.489 e. The smallest absolute Gasteiger partial charge is 0.119 e. The molecule has 1 fully saturated rings. The second-order valence-corrected chi connectivity index (χ2v) is 6.13. The van der Waals surface area contributed by atoms with E-state index in [1.54, 1.807) is 0 Å². The van der Waals surface area contributed by atoms with Crippen LogP contribution in [-0.4, -0.2) is 18.7 Å². The van der Waals surface area contributed by atoms with Crippen LogP contribution in [0.15, 0.2) is 24.3 Å². The second-order valence-electron chi connectivity index (χ2n) is 6.13. The van der Waals surface area contributed by atoms with E-state index in [1.807, 2.05) is 0 Å². The highest BCUT2D eigenvalue weighted by atomic mass is 16.5. The third-order valence-corrected chi connectivity index (χ3v) is 4.33. The maximum absolute atomic E-state index is 6.27. The zero-order chi connectivity index (χ0) is 14.4. The Balaban J connectivity index is 1.98. The third-order valence-electron chi connectivity index (χ3n) is 4.33. The zero-order valence-corrected chi connectivity index (χ0v) is 13.2. The van der Waals surface area contributed by atoms with E-state index in [0.717, 1.165) is 31.1 Å². The van der Waals surface area contributed by atoms with Crippen LogP contribution < -0.4 is 10.1 Å². The first kappa shape index (κ1) is 15.4. The molecule has 1 aromatic rings. The summed E-state index contributed by atoms with van der Waals surface area (Å²) in [6.45, 7) is 7.83. The molecule has 2 nitrogen and oxygen atoms in total. The summed E-state index contributed by atoms with van der Waals surface area (Å²) < 4.78 is 6.27. The van der Waals surface area contributed by atoms with E-state index < -0.39 is 0 Å². The quantitative estimate of drug-likeness (QED) is 0.840. The van der Waals surface area contributed by atoms with Gasteiger partial charge in [-0.25, -0.2) is 0 Å². The lowest BCUT2D eigenvalue weighted by Gasteiger charge is -2.35. The number of rotatable bonds is 6. The Morgan fingerprint density at radius 1 is 1.15 bits per heavy atom. The maximum atomic E-state index is 6.27. The van der Waals surface area contributed by atoms with Crippen molar-refractivity contribution in [3.05, 3.63) is 29.8 Å². The molecule has 2 rings (SSSR count). The van der Waals surface area contributed by atoms with Crippen molar-refractivity contribution in [3.8, 4) is 5.75 Å². The van der Waals surface area contributed by atoms with Gasteiger partial charge in [-0.1, -0.05) is 32.9 Å². The molecule has 1 saturated carbocycles. The van der Waals surface area contributed by atoms with E-state index in [-0.39, 0.29) is 0 Å². The summed E-state index contributed by atoms with van der Waals surface area (Å²) in [7, 11) is 0. The summed E-state index contributed by atoms with van der Waals surface area (Å²) in [4.78, 5) is 0. The van der Waals surface area contributed by atoms with E-state index in [9.17, 15) is 0 Å². The van der Waals surface area contributed by atoms with Crippen LogP contribution in [0.4, 0.5) is 0 Å². The number of hydrogen-bond acceptors (Lipinski definition) is 2. The molecule has 3 unspecified atom stereocenters. The fraction of sp³-hybridized carbons (Fsp3) is 0.667. The van der Waals surface area contributed by atoms with Crippen LogP contribution in [0.5, 0.6) is 5.75 Å². The first-order chi connectivity index (χ1) is 9.72. The lowest BCUT2D eigenvalue weighted by atomic mass is 9.85. The van der Waals surface area contributed by atoms with Crippen molar-refractivity contribution in [1.29, 1.82) is 0 Å². The lowest BCUT2D eigenvalue weighted by Crippen LogP contribution is -2.47. The highest BCUT2D eigenvalue weighted by molar-refractivity contribution is 5.27. The van der Waals surface area contributed by atoms with Gasteiger partial charge in [-0.3, -0.25) is 0 Å². The largest absolute Gasteiger partial charge is 0.489 e. The molecule has 0 aliphatic heterocycles. The second kappa shape index (κ2) is 7.68. The number of aryl methyl sites for hydroxylation is 1. The molecule has 0 radical (unpaired) electrons. The minimum absolute atomic E-state index is 0.317. The summed E-state index contributed by atoms with van der Waals surface area (Å²) >= 11 is 0. The Morgan fingerprint density at radius 3 is 2.55 bits per heavy atom. The van der Waals surface area contributed by atoms with Crippen molar-refractivity contribution in [2.24, 2.45) is 5.92 Å². The molecule has 1 aliphatic rings. The predicted molar refractivity (Wildman–Crippen MR) is 85.3 cm³/mol. The summed E-state index contributed by atoms with van der Waals surface area (Å²) in [6.07, 6.45) is 6.30. The molecule has 0 heterocycles. The molecule has 3 atom stereocenters. The summed E-state index contributed by atoms with van der Waals surface area (Å²) in [5.41, 5.74) is 1.37. The molecule has 0 amide bonds. The number of nitrogens with one attached hydrogen (secondary N) is 1. The van der Waals surface area contributed by atoms with Crippen LogP contribution in [0.1, 0.15) is 52.0 Å². The minimum atomic E-state index is 0.317. The van der Waals surface area contributed by atoms with Gasteiger partial charge in [-0.15, -0.1) is 0 Å². The van der Waals surface area contributed by atoms with Crippen molar-refractivity contribution in [2.75, 3.05) is 6.54 Å². The number of hydrogen-bond donors (Lipinski definition) is 1. The average Bonchev–Trinajstić information content (AvgIpc) is 2.47. The van der Waals surface area contributed by atoms with Gasteiger partial charge in [0.05, 0.1) is 0 Å². The molecule has 1 N–H and O–H groups in total. The van der Waals surface area contributed by atoms with Gasteiger partial charge in [0.25, 0.3) is 0 Å². The Hall–Kier alpha value is -1.02. The van der Waals surface area contributed by atoms with Crippen LogP contribution in [0.2, 0.25) is 0 Å². The maximum Gasteiger partial charge on any atom is 0.119 e. The molecule has 2 heteroatoms. The van der Waals surface area contributed by atoms with E-state index in [2.05, 4.69) is 50.4 Å². The molecule has 0 spiro atoms. The average molecular weight is 275 g/mol. The van der Waals surface area contributed by atoms with Gasteiger partial charge in [-0.2, -0.15) is 0 Å². The van der Waals surface area contributed by atoms with E-state index in [4.69, 9.17) is 4.74 Å². The standard InChI is InChI=1S/C18H29NO/c1-4-12-19-17-11-6-14(3)13-18(17)20-16-9-7-15(5-2)8-10-16/h7-10,14,17-19H,4-6,11-13H2,1-3H3. The Bertz CT molecular complexity index is 385. The van der Waals surface area contributed by atoms with E-state index in [0.29, 0.717) is 12.1 Å². The monoisotopic (exact) mass is 275 g/mol. The zero-order valence-electron chi connectivity index (χ0n) is 13.2. The molecule has 20 heavy (non-hydrogen) atoms. The Labute approximate surface area is 123 Å². The predicted octanol–water partition coefficient (Wildman–Crippen LogP) is 4.18. The fourth-order valence-electron chi connectivity index (χ4n) is 3.00. The van der Waals surface area contributed by atoms with Gasteiger partial charge in [0.2, 0.25) is 0 Å². The van der Waals surface area contributed by atoms with E-state index in [1.165, 1.54) is 24.8 Å². The summed E-state index contributed by atoms with van der Waals surface area (Å²) in [6, 6.07) is 9.10. The highest BCUT2D eigenvalue weighted by Gasteiger charge is 2.29. The lowest BCUT2D eigenvalue weighted by molar-refractivity contribution is 0.0909. The summed E-state index contributed by atoms with van der Waals surface area (Å²) in [5, 5.41) is 3.66. The van der Waals surface area contributed by atoms with Gasteiger partial charge in [0.15, 0.2) is 0 Å². The molecule has 0 saturated heterocycles. The molecule has 0 bridgehead atoms. The molecule has 112 valence electrons. The van der Waals surface area contributed by atoms with Crippen LogP contribution in [0.25, 0.3) is 0 Å². The molecular weight excluding hydrogens is 246 g/mol. The first-order valence-corrected chi connectivity index (χ1v) is 8.21. The highest BCUT2D eigenvalue weighted by Crippen LogP contribution is 2.28. The fourth-order valence-corrected chi connectivity index (χ4v) is 3.00. The molecule has 0 aromatic heterocycles. The van der Waals surface area contributed by atoms with Gasteiger partial charge in [0.1, 0.15) is 11.9 Å². The van der Waals surface area contributed by atoms with Crippen molar-refractivity contribution < 1.29 is 4.74 Å². The number of benzene rings is 1. The van der Waals surface area contributed by atoms with Crippen LogP contribution in [0, 0.1) is 5.92 Å². The number of ether oxygens (including phenoxy) is 1. The third kappa shape index (κ3) is 4.24. The van der Waals surface area contributed by atoms with Crippen LogP contribution >= 0.6 is 0 Å². The van der Waals surface area contributed by atoms with Crippen molar-refractivity contribution in [1.82, 2.24) is 5.32 Å². The van der Waals surface area contributed by atoms with Crippen LogP contribution in [-0.2, 0) is 6.42 Å². The summed E-state index contributed by atoms with van der Waals surface area (Å²) in [5.74, 6) is 1.79. The van der Waals surface area contributed by atoms with Gasteiger partial charge in [-0.05, 0) is 62.3 Å². The Morgan fingerprint density at radius 2 is 1.90 bits per heavy atom. The van der Waals surface area contributed by atoms with Crippen molar-refractivity contribution in [2.45, 2.75) is 65.0 Å². The normalized spacial score (nSPS) is 26.4. The van der Waals surface area contributed by atoms with Gasteiger partial charge in [0, 0.05) is 6.04 Å². The molecule has 1 aliphatic carbocycles. The SMILES string of the molecule is CCCNC1CCC(C)CC1Oc1ccc(CC)cc1. The van der Waals surface area contributed by atoms with Gasteiger partial charge >= 0.3 is 0 Å². The Kier molecular flexibility index (Phi) is 5.90. The molecule has 1 aromatic carbocycles. The van der Waals surface area contributed by atoms with Crippen LogP contribution in [0.3, 0.4) is 0 Å². The van der Waals surface area contributed by atoms with Crippen molar-refractivity contribution >= 4 is 0 Å².